The van der Waals surface area contributed by atoms with E-state index < -0.39 is 0 Å². The highest BCUT2D eigenvalue weighted by Gasteiger charge is 2.13. The number of hydrogen-bond donors (Lipinski definition) is 1. The van der Waals surface area contributed by atoms with Crippen LogP contribution in [0.1, 0.15) is 36.6 Å². The van der Waals surface area contributed by atoms with Gasteiger partial charge in [-0.15, -0.1) is 0 Å². The minimum Gasteiger partial charge on any atom is -0.473 e. The Kier molecular flexibility index (Phi) is 5.12. The second kappa shape index (κ2) is 7.87. The molecule has 0 spiro atoms. The van der Waals surface area contributed by atoms with E-state index in [9.17, 15) is 0 Å². The molecular formula is C24H24N4O. The van der Waals surface area contributed by atoms with Crippen molar-refractivity contribution in [3.63, 3.8) is 0 Å². The van der Waals surface area contributed by atoms with Crippen molar-refractivity contribution >= 4 is 16.9 Å². The van der Waals surface area contributed by atoms with Crippen molar-refractivity contribution in [3.8, 4) is 17.1 Å². The van der Waals surface area contributed by atoms with Gasteiger partial charge >= 0.3 is 0 Å². The molecule has 0 amide bonds. The molecule has 0 aliphatic rings. The summed E-state index contributed by atoms with van der Waals surface area (Å²) >= 11 is 0. The maximum atomic E-state index is 6.03. The van der Waals surface area contributed by atoms with Crippen LogP contribution in [0.15, 0.2) is 60.7 Å². The van der Waals surface area contributed by atoms with Gasteiger partial charge < -0.3 is 10.5 Å². The number of rotatable bonds is 5. The lowest BCUT2D eigenvalue weighted by molar-refractivity contribution is 0.293. The summed E-state index contributed by atoms with van der Waals surface area (Å²) in [5.41, 5.74) is 11.9. The first-order valence-electron chi connectivity index (χ1n) is 9.73. The Morgan fingerprint density at radius 1 is 0.931 bits per heavy atom. The quantitative estimate of drug-likeness (QED) is 0.506. The third-order valence-corrected chi connectivity index (χ3v) is 4.88. The topological polar surface area (TPSA) is 73.9 Å². The smallest absolute Gasteiger partial charge is 0.223 e. The molecule has 5 heteroatoms. The van der Waals surface area contributed by atoms with Gasteiger partial charge in [-0.1, -0.05) is 62.4 Å². The minimum absolute atomic E-state index is 0.224. The summed E-state index contributed by atoms with van der Waals surface area (Å²) in [6.07, 6.45) is 0. The Morgan fingerprint density at radius 2 is 1.72 bits per heavy atom. The van der Waals surface area contributed by atoms with Gasteiger partial charge in [0, 0.05) is 22.6 Å². The molecule has 2 aromatic carbocycles. The van der Waals surface area contributed by atoms with Gasteiger partial charge in [0.15, 0.2) is 0 Å². The molecule has 29 heavy (non-hydrogen) atoms. The summed E-state index contributed by atoms with van der Waals surface area (Å²) < 4.78 is 6.03. The predicted molar refractivity (Wildman–Crippen MR) is 117 cm³/mol. The third kappa shape index (κ3) is 4.04. The second-order valence-electron chi connectivity index (χ2n) is 7.44. The van der Waals surface area contributed by atoms with Crippen LogP contribution in [0.5, 0.6) is 5.88 Å². The Labute approximate surface area is 170 Å². The number of benzene rings is 2. The molecule has 0 fully saturated rings. The molecular weight excluding hydrogens is 360 g/mol. The SMILES string of the molecule is Cc1cccc2cc(COc3cc(C(C)C)nc(N)n3)c(-c3ccccc3)nc12. The summed E-state index contributed by atoms with van der Waals surface area (Å²) in [6, 6.07) is 20.4. The molecule has 5 nitrogen and oxygen atoms in total. The van der Waals surface area contributed by atoms with Crippen LogP contribution in [0.2, 0.25) is 0 Å². The molecule has 2 aromatic heterocycles. The van der Waals surface area contributed by atoms with Gasteiger partial charge in [0.1, 0.15) is 6.61 Å². The van der Waals surface area contributed by atoms with Gasteiger partial charge in [-0.05, 0) is 24.5 Å². The van der Waals surface area contributed by atoms with Gasteiger partial charge in [0.05, 0.1) is 16.9 Å². The molecule has 2 heterocycles. The molecule has 0 bridgehead atoms. The van der Waals surface area contributed by atoms with Crippen molar-refractivity contribution in [2.75, 3.05) is 5.73 Å². The summed E-state index contributed by atoms with van der Waals surface area (Å²) in [5.74, 6) is 0.944. The Balaban J connectivity index is 1.75. The maximum absolute atomic E-state index is 6.03. The zero-order valence-electron chi connectivity index (χ0n) is 16.9. The van der Waals surface area contributed by atoms with Crippen LogP contribution in [-0.2, 0) is 6.61 Å². The van der Waals surface area contributed by atoms with Crippen molar-refractivity contribution in [1.82, 2.24) is 15.0 Å². The standard InChI is InChI=1S/C24H24N4O/c1-15(2)20-13-21(27-24(25)26-20)29-14-19-12-18-11-7-8-16(3)22(18)28-23(19)17-9-5-4-6-10-17/h4-13,15H,14H2,1-3H3,(H2,25,26,27). The first-order chi connectivity index (χ1) is 14.0. The molecule has 0 unspecified atom stereocenters. The average molecular weight is 384 g/mol. The lowest BCUT2D eigenvalue weighted by Crippen LogP contribution is -2.06. The average Bonchev–Trinajstić information content (AvgIpc) is 2.72. The zero-order chi connectivity index (χ0) is 20.4. The van der Waals surface area contributed by atoms with E-state index in [-0.39, 0.29) is 11.9 Å². The van der Waals surface area contributed by atoms with Gasteiger partial charge in [0.2, 0.25) is 11.8 Å². The van der Waals surface area contributed by atoms with Crippen LogP contribution in [0.3, 0.4) is 0 Å². The lowest BCUT2D eigenvalue weighted by Gasteiger charge is -2.14. The molecule has 4 rings (SSSR count). The third-order valence-electron chi connectivity index (χ3n) is 4.88. The molecule has 0 aliphatic carbocycles. The summed E-state index contributed by atoms with van der Waals surface area (Å²) in [7, 11) is 0. The first kappa shape index (κ1) is 18.9. The normalized spacial score (nSPS) is 11.2. The van der Waals surface area contributed by atoms with Crippen molar-refractivity contribution in [1.29, 1.82) is 0 Å². The maximum Gasteiger partial charge on any atom is 0.223 e. The van der Waals surface area contributed by atoms with Crippen molar-refractivity contribution in [2.45, 2.75) is 33.3 Å². The van der Waals surface area contributed by atoms with E-state index in [0.29, 0.717) is 12.5 Å². The molecule has 146 valence electrons. The number of fused-ring (bicyclic) bond motifs is 1. The van der Waals surface area contributed by atoms with Crippen LogP contribution in [0, 0.1) is 6.92 Å². The monoisotopic (exact) mass is 384 g/mol. The number of pyridine rings is 1. The van der Waals surface area contributed by atoms with Gasteiger partial charge in [-0.25, -0.2) is 9.97 Å². The number of ether oxygens (including phenoxy) is 1. The number of para-hydroxylation sites is 1. The summed E-state index contributed by atoms with van der Waals surface area (Å²) in [6.45, 7) is 6.55. The highest BCUT2D eigenvalue weighted by atomic mass is 16.5. The number of anilines is 1. The van der Waals surface area contributed by atoms with Crippen LogP contribution in [0.25, 0.3) is 22.2 Å². The fourth-order valence-electron chi connectivity index (χ4n) is 3.33. The van der Waals surface area contributed by atoms with E-state index >= 15 is 0 Å². The van der Waals surface area contributed by atoms with Gasteiger partial charge in [-0.2, -0.15) is 4.98 Å². The van der Waals surface area contributed by atoms with E-state index in [0.717, 1.165) is 39.0 Å². The number of aromatic nitrogens is 3. The first-order valence-corrected chi connectivity index (χ1v) is 9.73. The summed E-state index contributed by atoms with van der Waals surface area (Å²) in [5, 5.41) is 1.09. The molecule has 2 N–H and O–H groups in total. The fraction of sp³-hybridized carbons (Fsp3) is 0.208. The van der Waals surface area contributed by atoms with Crippen molar-refractivity contribution in [2.24, 2.45) is 0 Å². The van der Waals surface area contributed by atoms with Gasteiger partial charge in [0.25, 0.3) is 0 Å². The van der Waals surface area contributed by atoms with Crippen molar-refractivity contribution in [3.05, 3.63) is 77.5 Å². The van der Waals surface area contributed by atoms with E-state index in [2.05, 4.69) is 61.1 Å². The van der Waals surface area contributed by atoms with E-state index in [4.69, 9.17) is 15.5 Å². The highest BCUT2D eigenvalue weighted by molar-refractivity contribution is 5.85. The second-order valence-corrected chi connectivity index (χ2v) is 7.44. The molecule has 0 aliphatic heterocycles. The predicted octanol–water partition coefficient (Wildman–Crippen LogP) is 5.28. The van der Waals surface area contributed by atoms with Gasteiger partial charge in [-0.3, -0.25) is 0 Å². The molecule has 0 saturated carbocycles. The Morgan fingerprint density at radius 3 is 2.48 bits per heavy atom. The van der Waals surface area contributed by atoms with Crippen LogP contribution < -0.4 is 10.5 Å². The Hall–Kier alpha value is -3.47. The Bertz CT molecular complexity index is 1160. The molecule has 4 aromatic rings. The lowest BCUT2D eigenvalue weighted by atomic mass is 10.0. The number of nitrogen functional groups attached to an aromatic ring is 1. The number of nitrogens with two attached hydrogens (primary N) is 1. The summed E-state index contributed by atoms with van der Waals surface area (Å²) in [4.78, 5) is 13.5. The zero-order valence-corrected chi connectivity index (χ0v) is 16.9. The van der Waals surface area contributed by atoms with E-state index in [1.54, 1.807) is 0 Å². The number of nitrogens with zero attached hydrogens (tertiary/aromatic N) is 3. The molecule has 0 radical (unpaired) electrons. The van der Waals surface area contributed by atoms with Crippen LogP contribution in [0.4, 0.5) is 5.95 Å². The minimum atomic E-state index is 0.224. The number of hydrogen-bond acceptors (Lipinski definition) is 5. The van der Waals surface area contributed by atoms with Crippen LogP contribution >= 0.6 is 0 Å². The van der Waals surface area contributed by atoms with Crippen LogP contribution in [-0.4, -0.2) is 15.0 Å². The van der Waals surface area contributed by atoms with E-state index in [1.165, 1.54) is 0 Å². The fourth-order valence-corrected chi connectivity index (χ4v) is 3.33. The largest absolute Gasteiger partial charge is 0.473 e. The van der Waals surface area contributed by atoms with E-state index in [1.807, 2.05) is 30.3 Å². The number of aryl methyl sites for hydroxylation is 1. The molecule has 0 atom stereocenters. The highest BCUT2D eigenvalue weighted by Crippen LogP contribution is 2.28. The van der Waals surface area contributed by atoms with Crippen molar-refractivity contribution < 1.29 is 4.74 Å². The molecule has 0 saturated heterocycles.